The summed E-state index contributed by atoms with van der Waals surface area (Å²) in [5, 5.41) is -0.443. The first-order valence-corrected chi connectivity index (χ1v) is 8.38. The van der Waals surface area contributed by atoms with E-state index in [1.165, 1.54) is 12.1 Å². The zero-order chi connectivity index (χ0) is 14.6. The van der Waals surface area contributed by atoms with Crippen molar-refractivity contribution in [2.24, 2.45) is 5.92 Å². The third kappa shape index (κ3) is 3.77. The van der Waals surface area contributed by atoms with Crippen LogP contribution in [0, 0.1) is 11.7 Å². The summed E-state index contributed by atoms with van der Waals surface area (Å²) in [7, 11) is -3.31. The lowest BCUT2D eigenvalue weighted by Gasteiger charge is -2.31. The minimum Gasteiger partial charge on any atom is -0.381 e. The van der Waals surface area contributed by atoms with Crippen molar-refractivity contribution in [3.63, 3.8) is 0 Å². The summed E-state index contributed by atoms with van der Waals surface area (Å²) in [6.45, 7) is 3.05. The Hall–Kier alpha value is -0.980. The van der Waals surface area contributed by atoms with Crippen LogP contribution in [0.25, 0.3) is 0 Å². The van der Waals surface area contributed by atoms with E-state index in [-0.39, 0.29) is 11.7 Å². The van der Waals surface area contributed by atoms with Gasteiger partial charge in [0.05, 0.1) is 11.9 Å². The molecule has 0 saturated carbocycles. The van der Waals surface area contributed by atoms with Crippen molar-refractivity contribution >= 4 is 10.0 Å². The minimum atomic E-state index is -3.31. The molecule has 0 bridgehead atoms. The number of sulfonamides is 1. The molecule has 2 atom stereocenters. The summed E-state index contributed by atoms with van der Waals surface area (Å²) in [6, 6.07) is 6.18. The van der Waals surface area contributed by atoms with Gasteiger partial charge >= 0.3 is 0 Å². The normalized spacial score (nSPS) is 23.7. The summed E-state index contributed by atoms with van der Waals surface area (Å²) in [4.78, 5) is 0. The number of hydrogen-bond acceptors (Lipinski definition) is 3. The molecule has 2 rings (SSSR count). The molecule has 1 aliphatic heterocycles. The fourth-order valence-electron chi connectivity index (χ4n) is 2.61. The third-order valence-corrected chi connectivity index (χ3v) is 5.67. The number of rotatable bonds is 5. The largest absolute Gasteiger partial charge is 0.381 e. The smallest absolute Gasteiger partial charge is 0.214 e. The highest BCUT2D eigenvalue weighted by molar-refractivity contribution is 7.90. The maximum atomic E-state index is 12.9. The van der Waals surface area contributed by atoms with E-state index in [1.54, 1.807) is 19.1 Å². The quantitative estimate of drug-likeness (QED) is 0.901. The van der Waals surface area contributed by atoms with Crippen LogP contribution in [0.5, 0.6) is 0 Å². The molecule has 1 saturated heterocycles. The molecule has 0 aromatic heterocycles. The van der Waals surface area contributed by atoms with E-state index in [0.717, 1.165) is 5.56 Å². The SMILES string of the molecule is CCNS(=O)(=O)[C@H]1CCOC[C@H]1Cc1ccc(F)cc1. The highest BCUT2D eigenvalue weighted by Gasteiger charge is 2.35. The van der Waals surface area contributed by atoms with Crippen molar-refractivity contribution in [3.05, 3.63) is 35.6 Å². The Labute approximate surface area is 119 Å². The van der Waals surface area contributed by atoms with Crippen molar-refractivity contribution in [2.45, 2.75) is 25.0 Å². The van der Waals surface area contributed by atoms with E-state index >= 15 is 0 Å². The van der Waals surface area contributed by atoms with Gasteiger partial charge in [0.2, 0.25) is 10.0 Å². The van der Waals surface area contributed by atoms with Crippen LogP contribution in [-0.4, -0.2) is 33.4 Å². The Morgan fingerprint density at radius 3 is 2.70 bits per heavy atom. The Balaban J connectivity index is 2.13. The van der Waals surface area contributed by atoms with E-state index in [4.69, 9.17) is 4.74 Å². The zero-order valence-corrected chi connectivity index (χ0v) is 12.3. The lowest BCUT2D eigenvalue weighted by molar-refractivity contribution is 0.0570. The molecule has 112 valence electrons. The van der Waals surface area contributed by atoms with E-state index < -0.39 is 15.3 Å². The van der Waals surface area contributed by atoms with Crippen LogP contribution in [0.2, 0.25) is 0 Å². The lowest BCUT2D eigenvalue weighted by atomic mass is 9.93. The first kappa shape index (κ1) is 15.4. The van der Waals surface area contributed by atoms with Gasteiger partial charge in [-0.15, -0.1) is 0 Å². The number of halogens is 1. The molecule has 0 aliphatic carbocycles. The van der Waals surface area contributed by atoms with E-state index in [0.29, 0.717) is 32.6 Å². The fourth-order valence-corrected chi connectivity index (χ4v) is 4.31. The predicted octanol–water partition coefficient (Wildman–Crippen LogP) is 1.71. The Kier molecular flexibility index (Phi) is 5.12. The van der Waals surface area contributed by atoms with Crippen molar-refractivity contribution in [1.29, 1.82) is 0 Å². The lowest BCUT2D eigenvalue weighted by Crippen LogP contribution is -2.44. The number of hydrogen-bond donors (Lipinski definition) is 1. The monoisotopic (exact) mass is 301 g/mol. The molecule has 1 aromatic rings. The minimum absolute atomic E-state index is 0.0988. The van der Waals surface area contributed by atoms with Crippen LogP contribution < -0.4 is 4.72 Å². The second-order valence-corrected chi connectivity index (χ2v) is 7.02. The van der Waals surface area contributed by atoms with Crippen LogP contribution >= 0.6 is 0 Å². The predicted molar refractivity (Wildman–Crippen MR) is 75.4 cm³/mol. The van der Waals surface area contributed by atoms with Gasteiger partial charge in [-0.25, -0.2) is 17.5 Å². The molecule has 20 heavy (non-hydrogen) atoms. The van der Waals surface area contributed by atoms with Gasteiger partial charge in [-0.05, 0) is 30.5 Å². The zero-order valence-electron chi connectivity index (χ0n) is 11.5. The fraction of sp³-hybridized carbons (Fsp3) is 0.571. The molecule has 4 nitrogen and oxygen atoms in total. The van der Waals surface area contributed by atoms with Gasteiger partial charge in [0.25, 0.3) is 0 Å². The van der Waals surface area contributed by atoms with Gasteiger partial charge in [-0.2, -0.15) is 0 Å². The molecule has 0 radical (unpaired) electrons. The van der Waals surface area contributed by atoms with Gasteiger partial charge in [0.1, 0.15) is 5.82 Å². The third-order valence-electron chi connectivity index (χ3n) is 3.56. The molecule has 0 amide bonds. The second-order valence-electron chi connectivity index (χ2n) is 5.04. The average Bonchev–Trinajstić information content (AvgIpc) is 2.42. The molecule has 1 N–H and O–H groups in total. The molecule has 0 spiro atoms. The number of ether oxygens (including phenoxy) is 1. The number of nitrogens with one attached hydrogen (secondary N) is 1. The van der Waals surface area contributed by atoms with E-state index in [1.807, 2.05) is 0 Å². The second kappa shape index (κ2) is 6.65. The van der Waals surface area contributed by atoms with Crippen LogP contribution in [-0.2, 0) is 21.2 Å². The summed E-state index contributed by atoms with van der Waals surface area (Å²) in [6.07, 6.45) is 1.08. The summed E-state index contributed by atoms with van der Waals surface area (Å²) in [5.74, 6) is -0.385. The van der Waals surface area contributed by atoms with Gasteiger partial charge < -0.3 is 4.74 Å². The molecular weight excluding hydrogens is 281 g/mol. The first-order chi connectivity index (χ1) is 9.53. The van der Waals surface area contributed by atoms with E-state index in [2.05, 4.69) is 4.72 Å². The van der Waals surface area contributed by atoms with E-state index in [9.17, 15) is 12.8 Å². The average molecular weight is 301 g/mol. The summed E-state index contributed by atoms with van der Waals surface area (Å²) < 4.78 is 45.3. The Bertz CT molecular complexity index is 530. The summed E-state index contributed by atoms with van der Waals surface area (Å²) in [5.41, 5.74) is 0.929. The van der Waals surface area contributed by atoms with Crippen LogP contribution in [0.1, 0.15) is 18.9 Å². The van der Waals surface area contributed by atoms with Crippen LogP contribution in [0.4, 0.5) is 4.39 Å². The van der Waals surface area contributed by atoms with Gasteiger partial charge in [-0.1, -0.05) is 19.1 Å². The van der Waals surface area contributed by atoms with Gasteiger partial charge in [-0.3, -0.25) is 0 Å². The maximum Gasteiger partial charge on any atom is 0.214 e. The van der Waals surface area contributed by atoms with Crippen LogP contribution in [0.15, 0.2) is 24.3 Å². The highest BCUT2D eigenvalue weighted by atomic mass is 32.2. The topological polar surface area (TPSA) is 55.4 Å². The van der Waals surface area contributed by atoms with Gasteiger partial charge in [0.15, 0.2) is 0 Å². The van der Waals surface area contributed by atoms with Crippen molar-refractivity contribution in [3.8, 4) is 0 Å². The van der Waals surface area contributed by atoms with Crippen molar-refractivity contribution in [1.82, 2.24) is 4.72 Å². The molecule has 0 unspecified atom stereocenters. The van der Waals surface area contributed by atoms with Crippen LogP contribution in [0.3, 0.4) is 0 Å². The molecule has 6 heteroatoms. The number of benzene rings is 1. The first-order valence-electron chi connectivity index (χ1n) is 6.83. The van der Waals surface area contributed by atoms with Gasteiger partial charge in [0, 0.05) is 19.1 Å². The van der Waals surface area contributed by atoms with Crippen molar-refractivity contribution in [2.75, 3.05) is 19.8 Å². The maximum absolute atomic E-state index is 12.9. The molecule has 1 fully saturated rings. The molecule has 1 heterocycles. The standard InChI is InChI=1S/C14H20FNO3S/c1-2-16-20(17,18)14-7-8-19-10-12(14)9-11-3-5-13(15)6-4-11/h3-6,12,14,16H,2,7-10H2,1H3/t12-,14+/m1/s1. The molecular formula is C14H20FNO3S. The molecule has 1 aliphatic rings. The Morgan fingerprint density at radius 2 is 2.05 bits per heavy atom. The molecule has 1 aromatic carbocycles. The summed E-state index contributed by atoms with van der Waals surface area (Å²) >= 11 is 0. The highest BCUT2D eigenvalue weighted by Crippen LogP contribution is 2.25. The Morgan fingerprint density at radius 1 is 1.35 bits per heavy atom. The van der Waals surface area contributed by atoms with Crippen molar-refractivity contribution < 1.29 is 17.5 Å².